The van der Waals surface area contributed by atoms with E-state index in [1.807, 2.05) is 20.8 Å². The first kappa shape index (κ1) is 18.0. The molecule has 1 unspecified atom stereocenters. The van der Waals surface area contributed by atoms with E-state index in [0.29, 0.717) is 19.4 Å². The van der Waals surface area contributed by atoms with Crippen LogP contribution in [0.1, 0.15) is 79.1 Å². The summed E-state index contributed by atoms with van der Waals surface area (Å²) in [5, 5.41) is 0. The van der Waals surface area contributed by atoms with Gasteiger partial charge in [0.25, 0.3) is 0 Å². The van der Waals surface area contributed by atoms with Crippen molar-refractivity contribution < 1.29 is 14.3 Å². The Morgan fingerprint density at radius 3 is 2.43 bits per heavy atom. The van der Waals surface area contributed by atoms with Crippen LogP contribution in [0.5, 0.6) is 0 Å². The second kappa shape index (κ2) is 8.40. The molecule has 0 spiro atoms. The van der Waals surface area contributed by atoms with Crippen molar-refractivity contribution in [1.82, 2.24) is 4.90 Å². The van der Waals surface area contributed by atoms with E-state index in [-0.39, 0.29) is 23.5 Å². The van der Waals surface area contributed by atoms with Crippen molar-refractivity contribution in [2.24, 2.45) is 0 Å². The predicted molar refractivity (Wildman–Crippen MR) is 84.3 cm³/mol. The van der Waals surface area contributed by atoms with Crippen LogP contribution in [0, 0.1) is 0 Å². The van der Waals surface area contributed by atoms with Gasteiger partial charge in [-0.2, -0.15) is 0 Å². The standard InChI is InChI=1S/C17H31NO3/c1-5-6-7-8-9-10-11-15(19)12-14-13-21-16(20)18(14)17(2,3)4/h14H,5-13H2,1-4H3. The summed E-state index contributed by atoms with van der Waals surface area (Å²) in [5.74, 6) is 0.253. The normalized spacial score (nSPS) is 19.0. The summed E-state index contributed by atoms with van der Waals surface area (Å²) in [4.78, 5) is 25.6. The fraction of sp³-hybridized carbons (Fsp3) is 0.882. The van der Waals surface area contributed by atoms with Crippen molar-refractivity contribution in [3.8, 4) is 0 Å². The molecule has 0 aliphatic carbocycles. The van der Waals surface area contributed by atoms with E-state index in [1.54, 1.807) is 4.90 Å². The number of hydrogen-bond acceptors (Lipinski definition) is 3. The lowest BCUT2D eigenvalue weighted by Gasteiger charge is -2.34. The van der Waals surface area contributed by atoms with Gasteiger partial charge in [-0.15, -0.1) is 0 Å². The number of cyclic esters (lactones) is 1. The van der Waals surface area contributed by atoms with Crippen molar-refractivity contribution in [3.63, 3.8) is 0 Å². The number of ketones is 1. The summed E-state index contributed by atoms with van der Waals surface area (Å²) in [5.41, 5.74) is -0.293. The molecular weight excluding hydrogens is 266 g/mol. The number of ether oxygens (including phenoxy) is 1. The minimum Gasteiger partial charge on any atom is -0.447 e. The highest BCUT2D eigenvalue weighted by molar-refractivity contribution is 5.80. The minimum absolute atomic E-state index is 0.0925. The van der Waals surface area contributed by atoms with Gasteiger partial charge in [0.2, 0.25) is 0 Å². The molecule has 0 aromatic heterocycles. The van der Waals surface area contributed by atoms with Crippen LogP contribution in [0.15, 0.2) is 0 Å². The van der Waals surface area contributed by atoms with E-state index in [2.05, 4.69) is 6.92 Å². The first-order valence-corrected chi connectivity index (χ1v) is 8.34. The zero-order chi connectivity index (χ0) is 15.9. The quantitative estimate of drug-likeness (QED) is 0.596. The van der Waals surface area contributed by atoms with Gasteiger partial charge in [-0.05, 0) is 27.2 Å². The molecule has 1 heterocycles. The van der Waals surface area contributed by atoms with Gasteiger partial charge in [-0.25, -0.2) is 4.79 Å². The molecule has 0 N–H and O–H groups in total. The molecule has 21 heavy (non-hydrogen) atoms. The lowest BCUT2D eigenvalue weighted by Crippen LogP contribution is -2.47. The zero-order valence-corrected chi connectivity index (χ0v) is 14.1. The average molecular weight is 297 g/mol. The molecule has 1 rings (SSSR count). The molecule has 1 aliphatic heterocycles. The number of carbonyl (C=O) groups is 2. The van der Waals surface area contributed by atoms with Crippen molar-refractivity contribution in [1.29, 1.82) is 0 Å². The highest BCUT2D eigenvalue weighted by atomic mass is 16.6. The largest absolute Gasteiger partial charge is 0.447 e. The lowest BCUT2D eigenvalue weighted by atomic mass is 9.99. The van der Waals surface area contributed by atoms with Crippen molar-refractivity contribution in [2.75, 3.05) is 6.61 Å². The van der Waals surface area contributed by atoms with Gasteiger partial charge in [0.05, 0.1) is 6.04 Å². The number of amides is 1. The number of unbranched alkanes of at least 4 members (excludes halogenated alkanes) is 5. The number of hydrogen-bond donors (Lipinski definition) is 0. The summed E-state index contributed by atoms with van der Waals surface area (Å²) in [6.45, 7) is 8.48. The number of nitrogens with zero attached hydrogens (tertiary/aromatic N) is 1. The Morgan fingerprint density at radius 1 is 1.19 bits per heavy atom. The van der Waals surface area contributed by atoms with Crippen molar-refractivity contribution >= 4 is 11.9 Å². The lowest BCUT2D eigenvalue weighted by molar-refractivity contribution is -0.120. The van der Waals surface area contributed by atoms with E-state index in [0.717, 1.165) is 12.8 Å². The topological polar surface area (TPSA) is 46.6 Å². The van der Waals surface area contributed by atoms with E-state index in [9.17, 15) is 9.59 Å². The van der Waals surface area contributed by atoms with Gasteiger partial charge < -0.3 is 4.74 Å². The average Bonchev–Trinajstić information content (AvgIpc) is 2.74. The van der Waals surface area contributed by atoms with Crippen molar-refractivity contribution in [3.05, 3.63) is 0 Å². The van der Waals surface area contributed by atoms with Crippen LogP contribution in [0.3, 0.4) is 0 Å². The monoisotopic (exact) mass is 297 g/mol. The first-order chi connectivity index (χ1) is 9.86. The Balaban J connectivity index is 2.29. The fourth-order valence-electron chi connectivity index (χ4n) is 2.90. The van der Waals surface area contributed by atoms with Gasteiger partial charge >= 0.3 is 6.09 Å². The van der Waals surface area contributed by atoms with Crippen LogP contribution >= 0.6 is 0 Å². The van der Waals surface area contributed by atoms with Crippen LogP contribution in [0.2, 0.25) is 0 Å². The van der Waals surface area contributed by atoms with E-state index < -0.39 is 0 Å². The Morgan fingerprint density at radius 2 is 1.81 bits per heavy atom. The molecule has 1 aliphatic rings. The third-order valence-corrected chi connectivity index (χ3v) is 3.96. The summed E-state index contributed by atoms with van der Waals surface area (Å²) in [7, 11) is 0. The highest BCUT2D eigenvalue weighted by Gasteiger charge is 2.40. The zero-order valence-electron chi connectivity index (χ0n) is 14.1. The molecule has 1 atom stereocenters. The second-order valence-corrected chi connectivity index (χ2v) is 7.03. The minimum atomic E-state index is -0.293. The van der Waals surface area contributed by atoms with Gasteiger partial charge in [-0.3, -0.25) is 9.69 Å². The van der Waals surface area contributed by atoms with Crippen LogP contribution in [-0.4, -0.2) is 35.0 Å². The molecule has 4 heteroatoms. The molecule has 1 fully saturated rings. The van der Waals surface area contributed by atoms with Gasteiger partial charge in [-0.1, -0.05) is 39.0 Å². The third-order valence-electron chi connectivity index (χ3n) is 3.96. The summed E-state index contributed by atoms with van der Waals surface area (Å²) < 4.78 is 5.11. The van der Waals surface area contributed by atoms with Crippen LogP contribution in [-0.2, 0) is 9.53 Å². The van der Waals surface area contributed by atoms with E-state index >= 15 is 0 Å². The second-order valence-electron chi connectivity index (χ2n) is 7.03. The third kappa shape index (κ3) is 6.06. The maximum Gasteiger partial charge on any atom is 0.410 e. The molecule has 1 amide bonds. The Hall–Kier alpha value is -1.06. The summed E-state index contributed by atoms with van der Waals surface area (Å²) >= 11 is 0. The van der Waals surface area contributed by atoms with Crippen LogP contribution in [0.25, 0.3) is 0 Å². The maximum absolute atomic E-state index is 12.1. The molecule has 4 nitrogen and oxygen atoms in total. The SMILES string of the molecule is CCCCCCCCC(=O)CC1COC(=O)N1C(C)(C)C. The van der Waals surface area contributed by atoms with Crippen molar-refractivity contribution in [2.45, 2.75) is 90.6 Å². The van der Waals surface area contributed by atoms with E-state index in [1.165, 1.54) is 25.7 Å². The molecule has 0 aromatic carbocycles. The van der Waals surface area contributed by atoms with Gasteiger partial charge in [0.15, 0.2) is 0 Å². The number of rotatable bonds is 9. The van der Waals surface area contributed by atoms with Gasteiger partial charge in [0, 0.05) is 18.4 Å². The summed E-state index contributed by atoms with van der Waals surface area (Å²) in [6.07, 6.45) is 7.90. The molecule has 1 saturated heterocycles. The Bertz CT molecular complexity index is 346. The van der Waals surface area contributed by atoms with Crippen LogP contribution < -0.4 is 0 Å². The smallest absolute Gasteiger partial charge is 0.410 e. The Labute approximate surface area is 129 Å². The number of carbonyl (C=O) groups excluding carboxylic acids is 2. The molecule has 0 bridgehead atoms. The molecule has 122 valence electrons. The summed E-state index contributed by atoms with van der Waals surface area (Å²) in [6, 6.07) is -0.0925. The Kier molecular flexibility index (Phi) is 7.20. The number of Topliss-reactive ketones (excluding diaryl/α,β-unsaturated/α-hetero) is 1. The molecule has 0 saturated carbocycles. The maximum atomic E-state index is 12.1. The molecular formula is C17H31NO3. The van der Waals surface area contributed by atoms with E-state index in [4.69, 9.17) is 4.74 Å². The van der Waals surface area contributed by atoms with Gasteiger partial charge in [0.1, 0.15) is 12.4 Å². The molecule has 0 aromatic rings. The highest BCUT2D eigenvalue weighted by Crippen LogP contribution is 2.26. The molecule has 0 radical (unpaired) electrons. The van der Waals surface area contributed by atoms with Crippen LogP contribution in [0.4, 0.5) is 4.79 Å². The first-order valence-electron chi connectivity index (χ1n) is 8.34. The predicted octanol–water partition coefficient (Wildman–Crippen LogP) is 4.32. The fourth-order valence-corrected chi connectivity index (χ4v) is 2.90.